The first-order chi connectivity index (χ1) is 27.2. The van der Waals surface area contributed by atoms with Crippen molar-refractivity contribution in [2.75, 3.05) is 10.6 Å². The van der Waals surface area contributed by atoms with Gasteiger partial charge in [0.25, 0.3) is 0 Å². The van der Waals surface area contributed by atoms with Crippen LogP contribution in [0.25, 0.3) is 65.4 Å². The zero-order valence-corrected chi connectivity index (χ0v) is 30.5. The Hall–Kier alpha value is -7.22. The van der Waals surface area contributed by atoms with Crippen LogP contribution in [0.4, 0.5) is 22.7 Å². The fourth-order valence-electron chi connectivity index (χ4n) is 6.67. The van der Waals surface area contributed by atoms with Gasteiger partial charge in [-0.05, 0) is 105 Å². The van der Waals surface area contributed by atoms with Crippen molar-refractivity contribution in [3.05, 3.63) is 195 Å². The summed E-state index contributed by atoms with van der Waals surface area (Å²) in [4.78, 5) is 19.6. The van der Waals surface area contributed by atoms with Gasteiger partial charge in [0.1, 0.15) is 0 Å². The monoisotopic (exact) mass is 726 g/mol. The van der Waals surface area contributed by atoms with Gasteiger partial charge in [0, 0.05) is 69.4 Å². The van der Waals surface area contributed by atoms with E-state index in [1.807, 2.05) is 61.2 Å². The Kier molecular flexibility index (Phi) is 9.41. The van der Waals surface area contributed by atoms with E-state index in [0.717, 1.165) is 88.1 Å². The Morgan fingerprint density at radius 3 is 1.05 bits per heavy atom. The van der Waals surface area contributed by atoms with Gasteiger partial charge < -0.3 is 10.6 Å². The molecule has 9 aromatic rings. The topological polar surface area (TPSA) is 75.6 Å². The summed E-state index contributed by atoms with van der Waals surface area (Å²) >= 11 is 1.77. The van der Waals surface area contributed by atoms with Crippen LogP contribution in [-0.2, 0) is 0 Å². The van der Waals surface area contributed by atoms with Gasteiger partial charge in [-0.2, -0.15) is 0 Å². The van der Waals surface area contributed by atoms with Crippen LogP contribution >= 0.6 is 11.3 Å². The molecule has 7 heteroatoms. The molecule has 55 heavy (non-hydrogen) atoms. The molecule has 0 aliphatic rings. The lowest BCUT2D eigenvalue weighted by Gasteiger charge is -2.15. The maximum Gasteiger partial charge on any atom is 0.0570 e. The molecule has 0 atom stereocenters. The number of pyridine rings is 4. The molecule has 2 N–H and O–H groups in total. The van der Waals surface area contributed by atoms with Crippen LogP contribution in [0.15, 0.2) is 195 Å². The summed E-state index contributed by atoms with van der Waals surface area (Å²) in [7, 11) is 0. The van der Waals surface area contributed by atoms with Crippen molar-refractivity contribution >= 4 is 34.1 Å². The number of nitrogens with one attached hydrogen (secondary N) is 2. The fourth-order valence-corrected chi connectivity index (χ4v) is 7.76. The molecule has 0 aliphatic heterocycles. The third-order valence-corrected chi connectivity index (χ3v) is 10.6. The van der Waals surface area contributed by atoms with Crippen LogP contribution in [0.1, 0.15) is 0 Å². The van der Waals surface area contributed by atoms with E-state index in [1.54, 1.807) is 36.1 Å². The minimum absolute atomic E-state index is 0.927. The summed E-state index contributed by atoms with van der Waals surface area (Å²) in [5.74, 6) is 0. The quantitative estimate of drug-likeness (QED) is 0.146. The summed E-state index contributed by atoms with van der Waals surface area (Å²) in [5.41, 5.74) is 15.1. The third-order valence-electron chi connectivity index (χ3n) is 9.48. The van der Waals surface area contributed by atoms with E-state index < -0.39 is 0 Å². The highest BCUT2D eigenvalue weighted by atomic mass is 32.1. The fraction of sp³-hybridized carbons (Fsp3) is 0. The summed E-state index contributed by atoms with van der Waals surface area (Å²) < 4.78 is 0. The number of rotatable bonds is 10. The average Bonchev–Trinajstić information content (AvgIpc) is 3.75. The minimum atomic E-state index is 0.927. The van der Waals surface area contributed by atoms with Crippen LogP contribution in [0.2, 0.25) is 0 Å². The molecule has 262 valence electrons. The Labute approximate surface area is 324 Å². The lowest BCUT2D eigenvalue weighted by Crippen LogP contribution is -1.94. The van der Waals surface area contributed by atoms with Crippen molar-refractivity contribution in [2.24, 2.45) is 0 Å². The number of hydrogen-bond acceptors (Lipinski definition) is 7. The van der Waals surface area contributed by atoms with Gasteiger partial charge in [-0.1, -0.05) is 84.9 Å². The molecule has 0 amide bonds. The normalized spacial score (nSPS) is 10.9. The standard InChI is InChI=1S/C48H34N6S/c1-5-39(29-49-23-1)35-13-9-33(10-14-35)37-17-19-43(45(27-37)53-41-7-3-25-51-31-41)47-21-22-48(55-47)44-20-18-38(28-46(44)54-42-8-4-26-52-32-42)34-11-15-36(16-12-34)40-6-2-24-50-30-40/h1-32,53-54H. The second-order valence-corrected chi connectivity index (χ2v) is 14.1. The molecular weight excluding hydrogens is 693 g/mol. The summed E-state index contributed by atoms with van der Waals surface area (Å²) in [6.07, 6.45) is 14.7. The van der Waals surface area contributed by atoms with E-state index in [2.05, 4.69) is 140 Å². The number of anilines is 4. The molecule has 5 heterocycles. The first kappa shape index (κ1) is 33.6. The van der Waals surface area contributed by atoms with Crippen molar-refractivity contribution in [3.63, 3.8) is 0 Å². The van der Waals surface area contributed by atoms with Crippen LogP contribution in [0.3, 0.4) is 0 Å². The zero-order chi connectivity index (χ0) is 36.8. The highest BCUT2D eigenvalue weighted by Gasteiger charge is 2.15. The van der Waals surface area contributed by atoms with Crippen LogP contribution in [0.5, 0.6) is 0 Å². The predicted octanol–water partition coefficient (Wildman–Crippen LogP) is 12.8. The molecular formula is C48H34N6S. The summed E-state index contributed by atoms with van der Waals surface area (Å²) in [6, 6.07) is 51.1. The third kappa shape index (κ3) is 7.51. The Bertz CT molecular complexity index is 2480. The number of hydrogen-bond donors (Lipinski definition) is 2. The lowest BCUT2D eigenvalue weighted by molar-refractivity contribution is 1.32. The summed E-state index contributed by atoms with van der Waals surface area (Å²) in [5, 5.41) is 7.33. The van der Waals surface area contributed by atoms with Gasteiger partial charge in [0.05, 0.1) is 23.8 Å². The molecule has 0 bridgehead atoms. The SMILES string of the molecule is c1cncc(Nc2cc(-c3ccc(-c4cccnc4)cc3)ccc2-c2ccc(-c3ccc(-c4ccc(-c5cccnc5)cc4)cc3Nc3cccnc3)s2)c1. The minimum Gasteiger partial charge on any atom is -0.354 e. The highest BCUT2D eigenvalue weighted by molar-refractivity contribution is 7.19. The molecule has 0 saturated heterocycles. The Morgan fingerprint density at radius 2 is 0.691 bits per heavy atom. The number of nitrogens with zero attached hydrogens (tertiary/aromatic N) is 4. The van der Waals surface area contributed by atoms with Crippen LogP contribution in [0, 0.1) is 0 Å². The molecule has 0 unspecified atom stereocenters. The molecule has 6 nitrogen and oxygen atoms in total. The molecule has 0 radical (unpaired) electrons. The largest absolute Gasteiger partial charge is 0.354 e. The van der Waals surface area contributed by atoms with Crippen molar-refractivity contribution in [1.82, 2.24) is 19.9 Å². The van der Waals surface area contributed by atoms with Crippen molar-refractivity contribution < 1.29 is 0 Å². The molecule has 0 spiro atoms. The van der Waals surface area contributed by atoms with Crippen LogP contribution in [-0.4, -0.2) is 19.9 Å². The molecule has 5 aromatic heterocycles. The molecule has 9 rings (SSSR count). The number of thiophene rings is 1. The first-order valence-electron chi connectivity index (χ1n) is 18.0. The number of aromatic nitrogens is 4. The smallest absolute Gasteiger partial charge is 0.0570 e. The Morgan fingerprint density at radius 1 is 0.327 bits per heavy atom. The van der Waals surface area contributed by atoms with Gasteiger partial charge in [-0.25, -0.2) is 0 Å². The van der Waals surface area contributed by atoms with E-state index >= 15 is 0 Å². The van der Waals surface area contributed by atoms with Gasteiger partial charge in [0.2, 0.25) is 0 Å². The Balaban J connectivity index is 1.06. The molecule has 0 aliphatic carbocycles. The molecule has 0 fully saturated rings. The van der Waals surface area contributed by atoms with Gasteiger partial charge in [-0.3, -0.25) is 19.9 Å². The van der Waals surface area contributed by atoms with E-state index in [4.69, 9.17) is 0 Å². The zero-order valence-electron chi connectivity index (χ0n) is 29.7. The predicted molar refractivity (Wildman–Crippen MR) is 228 cm³/mol. The maximum atomic E-state index is 4.36. The van der Waals surface area contributed by atoms with Crippen LogP contribution < -0.4 is 10.6 Å². The maximum absolute atomic E-state index is 4.36. The van der Waals surface area contributed by atoms with Gasteiger partial charge in [-0.15, -0.1) is 11.3 Å². The first-order valence-corrected chi connectivity index (χ1v) is 18.8. The van der Waals surface area contributed by atoms with Crippen molar-refractivity contribution in [1.29, 1.82) is 0 Å². The summed E-state index contributed by atoms with van der Waals surface area (Å²) in [6.45, 7) is 0. The van der Waals surface area contributed by atoms with Crippen molar-refractivity contribution in [2.45, 2.75) is 0 Å². The van der Waals surface area contributed by atoms with E-state index in [0.29, 0.717) is 0 Å². The van der Waals surface area contributed by atoms with Gasteiger partial charge in [0.15, 0.2) is 0 Å². The average molecular weight is 727 g/mol. The number of benzene rings is 4. The van der Waals surface area contributed by atoms with E-state index in [9.17, 15) is 0 Å². The molecule has 0 saturated carbocycles. The van der Waals surface area contributed by atoms with E-state index in [-0.39, 0.29) is 0 Å². The highest BCUT2D eigenvalue weighted by Crippen LogP contribution is 2.43. The second kappa shape index (κ2) is 15.4. The second-order valence-electron chi connectivity index (χ2n) is 13.1. The molecule has 4 aromatic carbocycles. The van der Waals surface area contributed by atoms with E-state index in [1.165, 1.54) is 0 Å². The van der Waals surface area contributed by atoms with Crippen molar-refractivity contribution in [3.8, 4) is 65.4 Å². The van der Waals surface area contributed by atoms with Gasteiger partial charge >= 0.3 is 0 Å². The lowest BCUT2D eigenvalue weighted by atomic mass is 9.98.